The Morgan fingerprint density at radius 2 is 0.482 bits per heavy atom. The van der Waals surface area contributed by atoms with Gasteiger partial charge in [-0.3, -0.25) is 37.3 Å². The van der Waals surface area contributed by atoms with Gasteiger partial charge in [-0.05, 0) is 186 Å². The highest BCUT2D eigenvalue weighted by atomic mass is 31.2. The lowest BCUT2D eigenvalue weighted by Crippen LogP contribution is -2.30. The zero-order chi connectivity index (χ0) is 80.3. The SMILES string of the molecule is CC/C=C\C/C=C\C/C=C\C/C=C\C/C=C\CCCCCC(=O)OCC(COP(=O)(O)OCC(O)COP(=O)(O)OCC(COC(=O)CCC/C=C\C/C=C\C/C=C\C/C=C\C/C=C\CC)OC(=O)CCCCCCC/C=C\C/C=C\CCCCC)OC(=O)CCCCC/C=C\C/C=C\C/C=C\C/C=C\C/C=C\CC. The van der Waals surface area contributed by atoms with Crippen molar-refractivity contribution in [1.29, 1.82) is 0 Å². The first kappa shape index (κ1) is 104. The van der Waals surface area contributed by atoms with Gasteiger partial charge < -0.3 is 33.8 Å². The lowest BCUT2D eigenvalue weighted by atomic mass is 10.1. The van der Waals surface area contributed by atoms with Crippen molar-refractivity contribution in [3.05, 3.63) is 207 Å². The third kappa shape index (κ3) is 79.7. The summed E-state index contributed by atoms with van der Waals surface area (Å²) in [6.07, 6.45) is 101. The van der Waals surface area contributed by atoms with E-state index in [4.69, 9.17) is 37.0 Å². The highest BCUT2D eigenvalue weighted by Crippen LogP contribution is 2.45. The van der Waals surface area contributed by atoms with Crippen molar-refractivity contribution in [2.24, 2.45) is 0 Å². The number of allylic oxidation sites excluding steroid dienone is 34. The van der Waals surface area contributed by atoms with Crippen LogP contribution in [0.25, 0.3) is 0 Å². The highest BCUT2D eigenvalue weighted by Gasteiger charge is 2.30. The lowest BCUT2D eigenvalue weighted by molar-refractivity contribution is -0.161. The molecule has 0 aliphatic rings. The molecule has 0 aliphatic carbocycles. The van der Waals surface area contributed by atoms with Crippen LogP contribution in [0.15, 0.2) is 207 Å². The van der Waals surface area contributed by atoms with Crippen LogP contribution in [0.1, 0.15) is 285 Å². The minimum atomic E-state index is -5.02. The summed E-state index contributed by atoms with van der Waals surface area (Å²) in [6, 6.07) is 0. The summed E-state index contributed by atoms with van der Waals surface area (Å²) < 4.78 is 68.6. The maximum atomic E-state index is 13.1. The van der Waals surface area contributed by atoms with Crippen LogP contribution < -0.4 is 0 Å². The van der Waals surface area contributed by atoms with E-state index in [0.717, 1.165) is 180 Å². The Hall–Kier alpha value is -6.36. The van der Waals surface area contributed by atoms with Crippen molar-refractivity contribution >= 4 is 39.5 Å². The molecule has 0 bridgehead atoms. The predicted molar refractivity (Wildman–Crippen MR) is 454 cm³/mol. The van der Waals surface area contributed by atoms with Crippen LogP contribution in [-0.4, -0.2) is 96.7 Å². The summed E-state index contributed by atoms with van der Waals surface area (Å²) in [5.74, 6) is -2.35. The molecule has 5 unspecified atom stereocenters. The van der Waals surface area contributed by atoms with E-state index in [2.05, 4.69) is 222 Å². The predicted octanol–water partition coefficient (Wildman–Crippen LogP) is 24.7. The number of hydrogen-bond donors (Lipinski definition) is 3. The van der Waals surface area contributed by atoms with Crippen LogP contribution in [0.4, 0.5) is 0 Å². The Morgan fingerprint density at radius 1 is 0.264 bits per heavy atom. The zero-order valence-corrected chi connectivity index (χ0v) is 69.6. The number of carbonyl (C=O) groups is 4. The zero-order valence-electron chi connectivity index (χ0n) is 67.8. The topological polar surface area (TPSA) is 237 Å². The fourth-order valence-electron chi connectivity index (χ4n) is 10.0. The summed E-state index contributed by atoms with van der Waals surface area (Å²) in [7, 11) is -10.0. The molecule has 0 aromatic heterocycles. The third-order valence-electron chi connectivity index (χ3n) is 16.2. The summed E-state index contributed by atoms with van der Waals surface area (Å²) in [6.45, 7) is 4.33. The standard InChI is InChI=1S/C91H144O17P2/c1-5-9-13-17-21-25-29-33-37-40-42-45-49-52-56-60-64-68-72-76-89(94)102-82-87(108-91(96)78-74-70-66-62-58-54-50-46-43-41-38-34-30-26-22-18-14-10-6-2)84-106-110(99,100)104-80-85(92)79-103-109(97,98)105-83-86(107-90(95)77-73-69-65-61-57-53-47-36-32-28-24-20-16-12-8-4)81-101-88(93)75-71-67-63-59-55-51-48-44-39-35-31-27-23-19-15-11-7-3/h9-11,13-15,21-28,33-39,42-43,45-48,51-52,54,56,58-59,63,85-87,92H,5-8,12,16-20,29-32,40-41,44,49-50,53,55,57,60-62,64-84H2,1-4H3,(H,97,98)(H,99,100)/b13-9-,14-10-,15-11-,25-21-,26-22-,27-23-,28-24-,37-33-,38-34-,39-35-,45-42-,46-43-,47-36-,51-48-,56-52-,58-54-,63-59-. The molecule has 0 aromatic rings. The molecule has 620 valence electrons. The Balaban J connectivity index is 5.54. The number of hydrogen-bond acceptors (Lipinski definition) is 15. The normalized spacial score (nSPS) is 14.9. The van der Waals surface area contributed by atoms with Gasteiger partial charge in [0.05, 0.1) is 26.4 Å². The molecular weight excluding hydrogens is 1430 g/mol. The molecule has 5 atom stereocenters. The first-order valence-electron chi connectivity index (χ1n) is 41.3. The molecule has 110 heavy (non-hydrogen) atoms. The van der Waals surface area contributed by atoms with Gasteiger partial charge in [0, 0.05) is 25.7 Å². The van der Waals surface area contributed by atoms with E-state index >= 15 is 0 Å². The molecule has 0 saturated heterocycles. The average Bonchev–Trinajstić information content (AvgIpc) is 0.900. The van der Waals surface area contributed by atoms with Crippen LogP contribution in [0.3, 0.4) is 0 Å². The maximum absolute atomic E-state index is 13.1. The molecule has 0 radical (unpaired) electrons. The van der Waals surface area contributed by atoms with Gasteiger partial charge in [0.15, 0.2) is 12.2 Å². The van der Waals surface area contributed by atoms with Gasteiger partial charge in [0.2, 0.25) is 0 Å². The monoisotopic (exact) mass is 1570 g/mol. The lowest BCUT2D eigenvalue weighted by Gasteiger charge is -2.21. The average molecular weight is 1570 g/mol. The molecular formula is C91H144O17P2. The number of unbranched alkanes of at least 4 members (excludes halogenated alkanes) is 15. The largest absolute Gasteiger partial charge is 0.472 e. The fraction of sp³-hybridized carbons (Fsp3) is 0.582. The van der Waals surface area contributed by atoms with E-state index in [0.29, 0.717) is 32.1 Å². The minimum Gasteiger partial charge on any atom is -0.462 e. The highest BCUT2D eigenvalue weighted by molar-refractivity contribution is 7.47. The Labute approximate surface area is 665 Å². The number of rotatable bonds is 75. The summed E-state index contributed by atoms with van der Waals surface area (Å²) >= 11 is 0. The van der Waals surface area contributed by atoms with Gasteiger partial charge in [-0.1, -0.05) is 279 Å². The second-order valence-corrected chi connectivity index (χ2v) is 29.5. The molecule has 17 nitrogen and oxygen atoms in total. The number of ether oxygens (including phenoxy) is 4. The minimum absolute atomic E-state index is 0.0373. The maximum Gasteiger partial charge on any atom is 0.472 e. The molecule has 0 aliphatic heterocycles. The van der Waals surface area contributed by atoms with E-state index in [-0.39, 0.29) is 25.7 Å². The Bertz CT molecular complexity index is 2900. The molecule has 0 saturated carbocycles. The van der Waals surface area contributed by atoms with Crippen molar-refractivity contribution in [2.45, 2.75) is 303 Å². The Morgan fingerprint density at radius 3 is 0.773 bits per heavy atom. The third-order valence-corrected chi connectivity index (χ3v) is 18.1. The fourth-order valence-corrected chi connectivity index (χ4v) is 11.6. The van der Waals surface area contributed by atoms with Crippen molar-refractivity contribution in [3.8, 4) is 0 Å². The van der Waals surface area contributed by atoms with Gasteiger partial charge in [-0.2, -0.15) is 0 Å². The van der Waals surface area contributed by atoms with Gasteiger partial charge >= 0.3 is 39.5 Å². The molecule has 0 fully saturated rings. The van der Waals surface area contributed by atoms with E-state index in [1.807, 2.05) is 12.2 Å². The number of aliphatic hydroxyl groups is 1. The van der Waals surface area contributed by atoms with Crippen LogP contribution in [0, 0.1) is 0 Å². The molecule has 0 heterocycles. The second-order valence-electron chi connectivity index (χ2n) is 26.6. The van der Waals surface area contributed by atoms with E-state index in [1.54, 1.807) is 0 Å². The van der Waals surface area contributed by atoms with Crippen molar-refractivity contribution in [3.63, 3.8) is 0 Å². The quantitative estimate of drug-likeness (QED) is 0.0169. The smallest absolute Gasteiger partial charge is 0.462 e. The van der Waals surface area contributed by atoms with E-state index < -0.39 is 97.5 Å². The first-order chi connectivity index (χ1) is 53.7. The summed E-state index contributed by atoms with van der Waals surface area (Å²) in [5.41, 5.74) is 0. The van der Waals surface area contributed by atoms with Crippen LogP contribution in [-0.2, 0) is 65.4 Å². The number of phosphoric ester groups is 2. The molecule has 3 N–H and O–H groups in total. The van der Waals surface area contributed by atoms with Crippen LogP contribution >= 0.6 is 15.6 Å². The number of esters is 4. The summed E-state index contributed by atoms with van der Waals surface area (Å²) in [5, 5.41) is 10.7. The van der Waals surface area contributed by atoms with Crippen molar-refractivity contribution < 1.29 is 80.2 Å². The molecule has 0 amide bonds. The second kappa shape index (κ2) is 80.7. The number of phosphoric acid groups is 2. The molecule has 0 spiro atoms. The van der Waals surface area contributed by atoms with Crippen molar-refractivity contribution in [1.82, 2.24) is 0 Å². The Kier molecular flexibility index (Phi) is 76.0. The van der Waals surface area contributed by atoms with Crippen molar-refractivity contribution in [2.75, 3.05) is 39.6 Å². The van der Waals surface area contributed by atoms with Gasteiger partial charge in [0.1, 0.15) is 19.3 Å². The van der Waals surface area contributed by atoms with E-state index in [9.17, 15) is 43.2 Å². The first-order valence-corrected chi connectivity index (χ1v) is 44.3. The van der Waals surface area contributed by atoms with Crippen LogP contribution in [0.2, 0.25) is 0 Å². The number of aliphatic hydroxyl groups excluding tert-OH is 1. The number of carbonyl (C=O) groups excluding carboxylic acids is 4. The van der Waals surface area contributed by atoms with Crippen LogP contribution in [0.5, 0.6) is 0 Å². The molecule has 0 aromatic carbocycles. The van der Waals surface area contributed by atoms with Gasteiger partial charge in [-0.25, -0.2) is 9.13 Å². The molecule has 0 rings (SSSR count). The summed E-state index contributed by atoms with van der Waals surface area (Å²) in [4.78, 5) is 73.2. The van der Waals surface area contributed by atoms with Gasteiger partial charge in [-0.15, -0.1) is 0 Å². The van der Waals surface area contributed by atoms with Gasteiger partial charge in [0.25, 0.3) is 0 Å². The van der Waals surface area contributed by atoms with E-state index in [1.165, 1.54) is 19.3 Å². The molecule has 19 heteroatoms.